The molecule has 0 atom stereocenters. The summed E-state index contributed by atoms with van der Waals surface area (Å²) in [7, 11) is 0. The fraction of sp³-hybridized carbons (Fsp3) is 0.450. The maximum absolute atomic E-state index is 11.8. The third-order valence-electron chi connectivity index (χ3n) is 4.18. The lowest BCUT2D eigenvalue weighted by molar-refractivity contribution is 0.101. The first kappa shape index (κ1) is 15.8. The van der Waals surface area contributed by atoms with Crippen LogP contribution in [0.5, 0.6) is 0 Å². The maximum atomic E-state index is 11.8. The summed E-state index contributed by atoms with van der Waals surface area (Å²) in [6.07, 6.45) is 6.92. The van der Waals surface area contributed by atoms with Gasteiger partial charge in [0, 0.05) is 5.56 Å². The van der Waals surface area contributed by atoms with E-state index in [4.69, 9.17) is 0 Å². The number of unbranched alkanes of at least 4 members (excludes halogenated alkanes) is 2. The number of benzene rings is 2. The highest BCUT2D eigenvalue weighted by atomic mass is 16.1. The topological polar surface area (TPSA) is 17.1 Å². The van der Waals surface area contributed by atoms with Gasteiger partial charge in [-0.05, 0) is 66.6 Å². The Bertz CT molecular complexity index is 625. The molecule has 0 aliphatic rings. The third kappa shape index (κ3) is 3.72. The van der Waals surface area contributed by atoms with Crippen LogP contribution in [0.15, 0.2) is 30.3 Å². The zero-order valence-corrected chi connectivity index (χ0v) is 13.5. The molecule has 0 N–H and O–H groups in total. The number of ketones is 1. The number of hydrogen-bond donors (Lipinski definition) is 0. The van der Waals surface area contributed by atoms with Crippen LogP contribution in [-0.4, -0.2) is 5.78 Å². The standard InChI is InChI=1S/C20H26O/c1-4-6-9-16-11-8-12-19-17(10-7-5-2)13-18(15(3)21)14-20(16)19/h8,11-14H,4-7,9-10H2,1-3H3. The van der Waals surface area contributed by atoms with Crippen molar-refractivity contribution in [3.05, 3.63) is 47.0 Å². The van der Waals surface area contributed by atoms with E-state index in [2.05, 4.69) is 44.2 Å². The first-order valence-electron chi connectivity index (χ1n) is 8.22. The molecular weight excluding hydrogens is 256 g/mol. The van der Waals surface area contributed by atoms with Crippen LogP contribution < -0.4 is 0 Å². The molecule has 0 heterocycles. The first-order chi connectivity index (χ1) is 10.2. The predicted molar refractivity (Wildman–Crippen MR) is 91.2 cm³/mol. The van der Waals surface area contributed by atoms with E-state index in [1.54, 1.807) is 6.92 Å². The van der Waals surface area contributed by atoms with Crippen LogP contribution in [0, 0.1) is 0 Å². The molecule has 0 amide bonds. The number of hydrogen-bond acceptors (Lipinski definition) is 1. The van der Waals surface area contributed by atoms with E-state index >= 15 is 0 Å². The van der Waals surface area contributed by atoms with Crippen molar-refractivity contribution >= 4 is 16.6 Å². The predicted octanol–water partition coefficient (Wildman–Crippen LogP) is 5.73. The summed E-state index contributed by atoms with van der Waals surface area (Å²) >= 11 is 0. The second kappa shape index (κ2) is 7.40. The Morgan fingerprint density at radius 2 is 1.57 bits per heavy atom. The van der Waals surface area contributed by atoms with Gasteiger partial charge in [0.1, 0.15) is 0 Å². The number of Topliss-reactive ketones (excluding diaryl/α,β-unsaturated/α-hetero) is 1. The number of carbonyl (C=O) groups excluding carboxylic acids is 1. The lowest BCUT2D eigenvalue weighted by atomic mass is 9.92. The minimum absolute atomic E-state index is 0.167. The quantitative estimate of drug-likeness (QED) is 0.593. The van der Waals surface area contributed by atoms with Gasteiger partial charge in [-0.15, -0.1) is 0 Å². The van der Waals surface area contributed by atoms with Gasteiger partial charge in [-0.25, -0.2) is 0 Å². The Balaban J connectivity index is 2.57. The van der Waals surface area contributed by atoms with Gasteiger partial charge in [0.2, 0.25) is 0 Å². The molecular formula is C20H26O. The minimum atomic E-state index is 0.167. The van der Waals surface area contributed by atoms with Crippen molar-refractivity contribution in [3.63, 3.8) is 0 Å². The van der Waals surface area contributed by atoms with E-state index in [9.17, 15) is 4.79 Å². The lowest BCUT2D eigenvalue weighted by Gasteiger charge is -2.12. The number of fused-ring (bicyclic) bond motifs is 1. The summed E-state index contributed by atoms with van der Waals surface area (Å²) in [5, 5.41) is 2.62. The van der Waals surface area contributed by atoms with Crippen molar-refractivity contribution in [1.29, 1.82) is 0 Å². The maximum Gasteiger partial charge on any atom is 0.159 e. The fourth-order valence-corrected chi connectivity index (χ4v) is 2.89. The molecule has 21 heavy (non-hydrogen) atoms. The van der Waals surface area contributed by atoms with Crippen LogP contribution in [0.4, 0.5) is 0 Å². The highest BCUT2D eigenvalue weighted by Gasteiger charge is 2.10. The summed E-state index contributed by atoms with van der Waals surface area (Å²) in [4.78, 5) is 11.8. The van der Waals surface area contributed by atoms with E-state index < -0.39 is 0 Å². The molecule has 0 unspecified atom stereocenters. The van der Waals surface area contributed by atoms with Gasteiger partial charge in [0.25, 0.3) is 0 Å². The molecule has 1 nitrogen and oxygen atoms in total. The summed E-state index contributed by atoms with van der Waals surface area (Å²) in [6, 6.07) is 10.8. The molecule has 0 saturated carbocycles. The summed E-state index contributed by atoms with van der Waals surface area (Å²) in [5.74, 6) is 0.167. The van der Waals surface area contributed by atoms with Gasteiger partial charge in [-0.1, -0.05) is 44.9 Å². The zero-order chi connectivity index (χ0) is 15.2. The summed E-state index contributed by atoms with van der Waals surface area (Å²) in [5.41, 5.74) is 3.57. The van der Waals surface area contributed by atoms with Crippen molar-refractivity contribution in [3.8, 4) is 0 Å². The summed E-state index contributed by atoms with van der Waals surface area (Å²) in [6.45, 7) is 6.10. The number of aryl methyl sites for hydroxylation is 2. The van der Waals surface area contributed by atoms with Crippen LogP contribution in [0.1, 0.15) is 67.9 Å². The Kier molecular flexibility index (Phi) is 5.55. The fourth-order valence-electron chi connectivity index (χ4n) is 2.89. The lowest BCUT2D eigenvalue weighted by Crippen LogP contribution is -1.98. The molecule has 1 heteroatoms. The highest BCUT2D eigenvalue weighted by Crippen LogP contribution is 2.27. The third-order valence-corrected chi connectivity index (χ3v) is 4.18. The zero-order valence-electron chi connectivity index (χ0n) is 13.5. The average Bonchev–Trinajstić information content (AvgIpc) is 2.50. The van der Waals surface area contributed by atoms with Crippen LogP contribution in [0.2, 0.25) is 0 Å². The monoisotopic (exact) mass is 282 g/mol. The number of rotatable bonds is 7. The molecule has 0 fully saturated rings. The molecule has 0 aliphatic heterocycles. The molecule has 2 rings (SSSR count). The van der Waals surface area contributed by atoms with E-state index in [0.717, 1.165) is 18.4 Å². The molecule has 2 aromatic rings. The van der Waals surface area contributed by atoms with Crippen LogP contribution in [0.3, 0.4) is 0 Å². The van der Waals surface area contributed by atoms with Crippen molar-refractivity contribution in [2.75, 3.05) is 0 Å². The molecule has 0 radical (unpaired) electrons. The Morgan fingerprint density at radius 3 is 2.19 bits per heavy atom. The van der Waals surface area contributed by atoms with Gasteiger partial charge < -0.3 is 0 Å². The Labute approximate surface area is 128 Å². The van der Waals surface area contributed by atoms with Gasteiger partial charge >= 0.3 is 0 Å². The van der Waals surface area contributed by atoms with Gasteiger partial charge in [-0.2, -0.15) is 0 Å². The Morgan fingerprint density at radius 1 is 0.905 bits per heavy atom. The smallest absolute Gasteiger partial charge is 0.159 e. The second-order valence-electron chi connectivity index (χ2n) is 5.91. The minimum Gasteiger partial charge on any atom is -0.295 e. The Hall–Kier alpha value is -1.63. The first-order valence-corrected chi connectivity index (χ1v) is 8.22. The van der Waals surface area contributed by atoms with Crippen molar-refractivity contribution in [1.82, 2.24) is 0 Å². The van der Waals surface area contributed by atoms with Crippen LogP contribution in [-0.2, 0) is 12.8 Å². The second-order valence-corrected chi connectivity index (χ2v) is 5.91. The van der Waals surface area contributed by atoms with Gasteiger partial charge in [-0.3, -0.25) is 4.79 Å². The molecule has 0 saturated heterocycles. The van der Waals surface area contributed by atoms with E-state index in [1.807, 2.05) is 0 Å². The van der Waals surface area contributed by atoms with E-state index in [0.29, 0.717) is 0 Å². The van der Waals surface area contributed by atoms with Crippen LogP contribution in [0.25, 0.3) is 10.8 Å². The van der Waals surface area contributed by atoms with E-state index in [1.165, 1.54) is 47.6 Å². The SMILES string of the molecule is CCCCc1cc(C(C)=O)cc2c(CCCC)cccc12. The van der Waals surface area contributed by atoms with Gasteiger partial charge in [0.15, 0.2) is 5.78 Å². The van der Waals surface area contributed by atoms with Crippen molar-refractivity contribution < 1.29 is 4.79 Å². The largest absolute Gasteiger partial charge is 0.295 e. The molecule has 112 valence electrons. The molecule has 0 bridgehead atoms. The number of carbonyl (C=O) groups is 1. The van der Waals surface area contributed by atoms with Gasteiger partial charge in [0.05, 0.1) is 0 Å². The molecule has 0 aliphatic carbocycles. The van der Waals surface area contributed by atoms with Crippen molar-refractivity contribution in [2.24, 2.45) is 0 Å². The normalized spacial score (nSPS) is 11.0. The van der Waals surface area contributed by atoms with Crippen molar-refractivity contribution in [2.45, 2.75) is 59.3 Å². The molecule has 0 spiro atoms. The molecule has 0 aromatic heterocycles. The highest BCUT2D eigenvalue weighted by molar-refractivity contribution is 6.00. The van der Waals surface area contributed by atoms with Crippen LogP contribution >= 0.6 is 0 Å². The van der Waals surface area contributed by atoms with E-state index in [-0.39, 0.29) is 5.78 Å². The summed E-state index contributed by atoms with van der Waals surface area (Å²) < 4.78 is 0. The molecule has 2 aromatic carbocycles. The average molecular weight is 282 g/mol.